The van der Waals surface area contributed by atoms with Crippen LogP contribution in [0.3, 0.4) is 0 Å². The Kier molecular flexibility index (Phi) is 5.06. The molecule has 0 saturated heterocycles. The highest BCUT2D eigenvalue weighted by Crippen LogP contribution is 2.38. The minimum Gasteiger partial charge on any atom is -0.496 e. The maximum absolute atomic E-state index is 6.05. The third-order valence-corrected chi connectivity index (χ3v) is 3.61. The molecule has 0 fully saturated rings. The molecule has 20 heavy (non-hydrogen) atoms. The van der Waals surface area contributed by atoms with Crippen LogP contribution in [0.2, 0.25) is 0 Å². The Hall–Kier alpha value is -1.95. The van der Waals surface area contributed by atoms with Gasteiger partial charge in [0.25, 0.3) is 0 Å². The number of anilines is 1. The molecule has 0 spiro atoms. The van der Waals surface area contributed by atoms with Crippen LogP contribution >= 0.6 is 11.8 Å². The Morgan fingerprint density at radius 3 is 2.80 bits per heavy atom. The van der Waals surface area contributed by atoms with Gasteiger partial charge in [-0.25, -0.2) is 4.98 Å². The fourth-order valence-electron chi connectivity index (χ4n) is 1.57. The number of hydrogen-bond acceptors (Lipinski definition) is 6. The van der Waals surface area contributed by atoms with Gasteiger partial charge in [0, 0.05) is 0 Å². The van der Waals surface area contributed by atoms with E-state index < -0.39 is 0 Å². The number of nitrogen functional groups attached to an aromatic ring is 1. The van der Waals surface area contributed by atoms with Crippen LogP contribution in [0.1, 0.15) is 13.3 Å². The first-order chi connectivity index (χ1) is 9.76. The van der Waals surface area contributed by atoms with Gasteiger partial charge in [0.2, 0.25) is 5.88 Å². The molecule has 0 aliphatic heterocycles. The van der Waals surface area contributed by atoms with Crippen molar-refractivity contribution in [3.63, 3.8) is 0 Å². The number of hydrogen-bond donors (Lipinski definition) is 1. The zero-order valence-corrected chi connectivity index (χ0v) is 12.3. The summed E-state index contributed by atoms with van der Waals surface area (Å²) in [7, 11) is 1.64. The van der Waals surface area contributed by atoms with Crippen molar-refractivity contribution >= 4 is 17.4 Å². The van der Waals surface area contributed by atoms with Gasteiger partial charge in [-0.05, 0) is 18.6 Å². The Balaban J connectivity index is 2.25. The van der Waals surface area contributed by atoms with Gasteiger partial charge in [0.05, 0.1) is 18.6 Å². The van der Waals surface area contributed by atoms with E-state index in [1.54, 1.807) is 7.11 Å². The van der Waals surface area contributed by atoms with E-state index in [0.29, 0.717) is 23.2 Å². The van der Waals surface area contributed by atoms with Gasteiger partial charge in [0.15, 0.2) is 0 Å². The maximum atomic E-state index is 6.05. The van der Waals surface area contributed by atoms with E-state index in [9.17, 15) is 0 Å². The summed E-state index contributed by atoms with van der Waals surface area (Å²) in [5.74, 6) is 1.21. The number of para-hydroxylation sites is 1. The van der Waals surface area contributed by atoms with Crippen LogP contribution in [-0.4, -0.2) is 23.7 Å². The highest BCUT2D eigenvalue weighted by Gasteiger charge is 2.12. The molecule has 0 radical (unpaired) electrons. The Bertz CT molecular complexity index is 578. The first-order valence-electron chi connectivity index (χ1n) is 6.30. The molecule has 5 nitrogen and oxygen atoms in total. The number of aromatic nitrogens is 2. The van der Waals surface area contributed by atoms with E-state index in [2.05, 4.69) is 9.97 Å². The quantitative estimate of drug-likeness (QED) is 0.825. The minimum atomic E-state index is 0.430. The van der Waals surface area contributed by atoms with Gasteiger partial charge in [-0.15, -0.1) is 0 Å². The van der Waals surface area contributed by atoms with Crippen LogP contribution < -0.4 is 15.2 Å². The standard InChI is InChI=1S/C14H17N3O2S/c1-3-8-19-13-12(15)14(17-9-16-13)20-11-7-5-4-6-10(11)18-2/h4-7,9H,3,8,15H2,1-2H3. The van der Waals surface area contributed by atoms with Crippen molar-refractivity contribution in [2.24, 2.45) is 0 Å². The number of benzene rings is 1. The number of nitrogens with zero attached hydrogens (tertiary/aromatic N) is 2. The lowest BCUT2D eigenvalue weighted by Crippen LogP contribution is -2.03. The molecule has 6 heteroatoms. The summed E-state index contributed by atoms with van der Waals surface area (Å²) in [6.07, 6.45) is 2.36. The zero-order chi connectivity index (χ0) is 14.4. The largest absolute Gasteiger partial charge is 0.496 e. The second-order valence-corrected chi connectivity index (χ2v) is 5.03. The van der Waals surface area contributed by atoms with E-state index in [-0.39, 0.29) is 0 Å². The molecule has 2 rings (SSSR count). The topological polar surface area (TPSA) is 70.3 Å². The fourth-order valence-corrected chi connectivity index (χ4v) is 2.47. The monoisotopic (exact) mass is 291 g/mol. The molecule has 2 N–H and O–H groups in total. The summed E-state index contributed by atoms with van der Waals surface area (Å²) in [6.45, 7) is 2.61. The van der Waals surface area contributed by atoms with Crippen molar-refractivity contribution in [1.82, 2.24) is 9.97 Å². The number of ether oxygens (including phenoxy) is 2. The molecule has 1 heterocycles. The Morgan fingerprint density at radius 2 is 2.05 bits per heavy atom. The SMILES string of the molecule is CCCOc1ncnc(Sc2ccccc2OC)c1N. The van der Waals surface area contributed by atoms with Crippen LogP contribution in [0.5, 0.6) is 11.6 Å². The lowest BCUT2D eigenvalue weighted by Gasteiger charge is -2.11. The highest BCUT2D eigenvalue weighted by molar-refractivity contribution is 7.99. The van der Waals surface area contributed by atoms with Gasteiger partial charge in [0.1, 0.15) is 22.8 Å². The average molecular weight is 291 g/mol. The summed E-state index contributed by atoms with van der Waals surface area (Å²) in [4.78, 5) is 9.21. The van der Waals surface area contributed by atoms with Crippen molar-refractivity contribution in [3.05, 3.63) is 30.6 Å². The van der Waals surface area contributed by atoms with E-state index in [1.165, 1.54) is 18.1 Å². The molecule has 1 aromatic carbocycles. The molecule has 0 bridgehead atoms. The van der Waals surface area contributed by atoms with Crippen LogP contribution in [0, 0.1) is 0 Å². The molecule has 0 aliphatic rings. The van der Waals surface area contributed by atoms with E-state index in [1.807, 2.05) is 31.2 Å². The Morgan fingerprint density at radius 1 is 1.25 bits per heavy atom. The molecular weight excluding hydrogens is 274 g/mol. The third-order valence-electron chi connectivity index (χ3n) is 2.53. The number of nitrogens with two attached hydrogens (primary N) is 1. The molecule has 0 amide bonds. The summed E-state index contributed by atoms with van der Waals surface area (Å²) >= 11 is 1.43. The molecular formula is C14H17N3O2S. The van der Waals surface area contributed by atoms with E-state index in [0.717, 1.165) is 17.1 Å². The molecule has 0 aliphatic carbocycles. The number of methoxy groups -OCH3 is 1. The van der Waals surface area contributed by atoms with E-state index >= 15 is 0 Å². The second kappa shape index (κ2) is 7.00. The van der Waals surface area contributed by atoms with Crippen molar-refractivity contribution in [3.8, 4) is 11.6 Å². The first kappa shape index (κ1) is 14.5. The van der Waals surface area contributed by atoms with Gasteiger partial charge in [-0.3, -0.25) is 0 Å². The van der Waals surface area contributed by atoms with Gasteiger partial charge >= 0.3 is 0 Å². The van der Waals surface area contributed by atoms with Gasteiger partial charge in [-0.1, -0.05) is 30.8 Å². The van der Waals surface area contributed by atoms with Crippen molar-refractivity contribution in [2.75, 3.05) is 19.5 Å². The predicted molar refractivity (Wildman–Crippen MR) is 79.3 cm³/mol. The molecule has 2 aromatic rings. The van der Waals surface area contributed by atoms with Crippen LogP contribution in [0.25, 0.3) is 0 Å². The van der Waals surface area contributed by atoms with E-state index in [4.69, 9.17) is 15.2 Å². The van der Waals surface area contributed by atoms with Crippen LogP contribution in [-0.2, 0) is 0 Å². The molecule has 1 aromatic heterocycles. The predicted octanol–water partition coefficient (Wildman–Crippen LogP) is 3.01. The third kappa shape index (κ3) is 3.33. The summed E-state index contributed by atoms with van der Waals surface area (Å²) < 4.78 is 10.8. The zero-order valence-electron chi connectivity index (χ0n) is 11.5. The lowest BCUT2D eigenvalue weighted by atomic mass is 10.3. The van der Waals surface area contributed by atoms with Gasteiger partial charge < -0.3 is 15.2 Å². The van der Waals surface area contributed by atoms with Crippen LogP contribution in [0.4, 0.5) is 5.69 Å². The summed E-state index contributed by atoms with van der Waals surface area (Å²) in [5.41, 5.74) is 6.51. The molecule has 0 unspecified atom stereocenters. The lowest BCUT2D eigenvalue weighted by molar-refractivity contribution is 0.305. The minimum absolute atomic E-state index is 0.430. The molecule has 0 atom stereocenters. The second-order valence-electron chi connectivity index (χ2n) is 4.00. The molecule has 106 valence electrons. The Labute approximate surface area is 122 Å². The fraction of sp³-hybridized carbons (Fsp3) is 0.286. The smallest absolute Gasteiger partial charge is 0.241 e. The summed E-state index contributed by atoms with van der Waals surface area (Å²) in [5, 5.41) is 0.663. The molecule has 0 saturated carbocycles. The van der Waals surface area contributed by atoms with Crippen molar-refractivity contribution in [2.45, 2.75) is 23.3 Å². The summed E-state index contributed by atoms with van der Waals surface area (Å²) in [6, 6.07) is 7.71. The highest BCUT2D eigenvalue weighted by atomic mass is 32.2. The van der Waals surface area contributed by atoms with Crippen molar-refractivity contribution in [1.29, 1.82) is 0 Å². The van der Waals surface area contributed by atoms with Crippen LogP contribution in [0.15, 0.2) is 40.5 Å². The van der Waals surface area contributed by atoms with Gasteiger partial charge in [-0.2, -0.15) is 4.98 Å². The first-order valence-corrected chi connectivity index (χ1v) is 7.12. The number of rotatable bonds is 6. The maximum Gasteiger partial charge on any atom is 0.241 e. The normalized spacial score (nSPS) is 10.3. The average Bonchev–Trinajstić information content (AvgIpc) is 2.48. The van der Waals surface area contributed by atoms with Crippen molar-refractivity contribution < 1.29 is 9.47 Å².